The molecule has 2 aromatic heterocycles. The van der Waals surface area contributed by atoms with Crippen molar-refractivity contribution in [3.63, 3.8) is 0 Å². The number of non-ortho nitro benzene ring substituents is 1. The van der Waals surface area contributed by atoms with Crippen LogP contribution in [0.3, 0.4) is 0 Å². The lowest BCUT2D eigenvalue weighted by atomic mass is 10.1. The zero-order valence-corrected chi connectivity index (χ0v) is 17.1. The highest BCUT2D eigenvalue weighted by Gasteiger charge is 2.19. The number of fused-ring (bicyclic) bond motifs is 1. The van der Waals surface area contributed by atoms with E-state index >= 15 is 0 Å². The van der Waals surface area contributed by atoms with Crippen LogP contribution in [0.2, 0.25) is 5.02 Å². The van der Waals surface area contributed by atoms with Crippen molar-refractivity contribution in [1.82, 2.24) is 15.0 Å². The first-order valence-electron chi connectivity index (χ1n) is 8.73. The van der Waals surface area contributed by atoms with Crippen LogP contribution in [0.25, 0.3) is 10.1 Å². The molecule has 2 aromatic carbocycles. The second-order valence-electron chi connectivity index (χ2n) is 6.31. The molecule has 0 radical (unpaired) electrons. The average Bonchev–Trinajstić information content (AvgIpc) is 3.32. The van der Waals surface area contributed by atoms with Gasteiger partial charge in [-0.05, 0) is 6.07 Å². The van der Waals surface area contributed by atoms with E-state index in [-0.39, 0.29) is 11.4 Å². The summed E-state index contributed by atoms with van der Waals surface area (Å²) >= 11 is 7.64. The van der Waals surface area contributed by atoms with Crippen molar-refractivity contribution in [3.05, 3.63) is 92.3 Å². The summed E-state index contributed by atoms with van der Waals surface area (Å²) in [5, 5.41) is 16.6. The van der Waals surface area contributed by atoms with Gasteiger partial charge in [0.2, 0.25) is 0 Å². The van der Waals surface area contributed by atoms with Crippen LogP contribution in [0.4, 0.5) is 5.69 Å². The molecule has 2 heterocycles. The minimum Gasteiger partial charge on any atom is -0.333 e. The van der Waals surface area contributed by atoms with Crippen molar-refractivity contribution in [2.45, 2.75) is 0 Å². The predicted octanol–water partition coefficient (Wildman–Crippen LogP) is 4.38. The molecule has 0 aliphatic carbocycles. The Bertz CT molecular complexity index is 1310. The van der Waals surface area contributed by atoms with Gasteiger partial charge in [0.1, 0.15) is 10.6 Å². The maximum atomic E-state index is 12.8. The number of benzene rings is 2. The van der Waals surface area contributed by atoms with Crippen LogP contribution in [-0.2, 0) is 7.05 Å². The van der Waals surface area contributed by atoms with Gasteiger partial charge in [0.15, 0.2) is 5.82 Å². The minimum atomic E-state index is -0.491. The molecule has 8 nitrogen and oxygen atoms in total. The van der Waals surface area contributed by atoms with Gasteiger partial charge in [0, 0.05) is 47.2 Å². The molecule has 30 heavy (non-hydrogen) atoms. The lowest BCUT2D eigenvalue weighted by molar-refractivity contribution is -0.384. The Labute approximate surface area is 179 Å². The Kier molecular flexibility index (Phi) is 5.30. The highest BCUT2D eigenvalue weighted by molar-refractivity contribution is 7.21. The Balaban J connectivity index is 1.73. The summed E-state index contributed by atoms with van der Waals surface area (Å²) in [6, 6.07) is 13.4. The van der Waals surface area contributed by atoms with E-state index in [9.17, 15) is 14.9 Å². The second-order valence-corrected chi connectivity index (χ2v) is 7.74. The number of amides is 1. The molecule has 0 aliphatic heterocycles. The van der Waals surface area contributed by atoms with Crippen LogP contribution >= 0.6 is 22.9 Å². The zero-order valence-electron chi connectivity index (χ0n) is 15.6. The van der Waals surface area contributed by atoms with Crippen molar-refractivity contribution in [2.75, 3.05) is 0 Å². The number of nitro groups is 1. The van der Waals surface area contributed by atoms with Crippen LogP contribution < -0.4 is 5.43 Å². The van der Waals surface area contributed by atoms with Crippen LogP contribution in [0.15, 0.2) is 66.0 Å². The second kappa shape index (κ2) is 8.05. The Hall–Kier alpha value is -3.56. The number of carbonyl (C=O) groups is 1. The molecule has 0 spiro atoms. The number of nitrogens with zero attached hydrogens (tertiary/aromatic N) is 4. The smallest absolute Gasteiger partial charge is 0.283 e. The molecule has 1 amide bonds. The van der Waals surface area contributed by atoms with Gasteiger partial charge in [-0.3, -0.25) is 14.9 Å². The summed E-state index contributed by atoms with van der Waals surface area (Å²) in [7, 11) is 1.76. The van der Waals surface area contributed by atoms with Gasteiger partial charge in [-0.15, -0.1) is 11.3 Å². The van der Waals surface area contributed by atoms with E-state index in [0.717, 1.165) is 10.1 Å². The standard InChI is InChI=1S/C20H14ClN5O3S/c1-25-10-9-22-19(25)17(12-5-4-6-13(11-12)26(28)29)23-24-20(27)18-16(21)14-7-2-3-8-15(14)30-18/h2-11H,1H3,(H,24,27)/b23-17-. The lowest BCUT2D eigenvalue weighted by Gasteiger charge is -2.08. The molecule has 10 heteroatoms. The van der Waals surface area contributed by atoms with Crippen molar-refractivity contribution < 1.29 is 9.72 Å². The van der Waals surface area contributed by atoms with E-state index in [0.29, 0.717) is 21.3 Å². The fraction of sp³-hybridized carbons (Fsp3) is 0.0500. The summed E-state index contributed by atoms with van der Waals surface area (Å²) in [5.41, 5.74) is 3.16. The molecule has 0 aliphatic rings. The number of imidazole rings is 1. The number of hydrogen-bond donors (Lipinski definition) is 1. The number of halogens is 1. The zero-order chi connectivity index (χ0) is 21.3. The quantitative estimate of drug-likeness (QED) is 0.283. The monoisotopic (exact) mass is 439 g/mol. The van der Waals surface area contributed by atoms with Crippen molar-refractivity contribution in [2.24, 2.45) is 12.1 Å². The molecular formula is C20H14ClN5O3S. The predicted molar refractivity (Wildman–Crippen MR) is 116 cm³/mol. The lowest BCUT2D eigenvalue weighted by Crippen LogP contribution is -2.21. The molecule has 1 N–H and O–H groups in total. The minimum absolute atomic E-state index is 0.0895. The van der Waals surface area contributed by atoms with E-state index in [4.69, 9.17) is 11.6 Å². The third-order valence-corrected chi connectivity index (χ3v) is 6.05. The van der Waals surface area contributed by atoms with E-state index < -0.39 is 10.8 Å². The van der Waals surface area contributed by atoms with E-state index in [1.807, 2.05) is 24.3 Å². The highest BCUT2D eigenvalue weighted by Crippen LogP contribution is 2.35. The van der Waals surface area contributed by atoms with Crippen LogP contribution in [0.5, 0.6) is 0 Å². The van der Waals surface area contributed by atoms with Gasteiger partial charge >= 0.3 is 0 Å². The van der Waals surface area contributed by atoms with Crippen LogP contribution in [-0.4, -0.2) is 26.1 Å². The third kappa shape index (κ3) is 3.68. The maximum Gasteiger partial charge on any atom is 0.283 e. The topological polar surface area (TPSA) is 102 Å². The molecule has 0 fully saturated rings. The van der Waals surface area contributed by atoms with Gasteiger partial charge in [0.05, 0.1) is 9.95 Å². The largest absolute Gasteiger partial charge is 0.333 e. The Morgan fingerprint density at radius 3 is 2.77 bits per heavy atom. The number of nitro benzene ring substituents is 1. The summed E-state index contributed by atoms with van der Waals surface area (Å²) in [6.45, 7) is 0. The molecule has 0 atom stereocenters. The third-order valence-electron chi connectivity index (χ3n) is 4.37. The Morgan fingerprint density at radius 1 is 1.27 bits per heavy atom. The number of thiophene rings is 1. The number of aromatic nitrogens is 2. The molecule has 0 unspecified atom stereocenters. The SMILES string of the molecule is Cn1ccnc1/C(=N\NC(=O)c1sc2ccccc2c1Cl)c1cccc([N+](=O)[O-])c1. The fourth-order valence-corrected chi connectivity index (χ4v) is 4.33. The van der Waals surface area contributed by atoms with Gasteiger partial charge in [-0.1, -0.05) is 41.9 Å². The van der Waals surface area contributed by atoms with Gasteiger partial charge in [-0.2, -0.15) is 5.10 Å². The number of aryl methyl sites for hydroxylation is 1. The number of nitrogens with one attached hydrogen (secondary N) is 1. The number of rotatable bonds is 5. The molecule has 4 aromatic rings. The first-order valence-corrected chi connectivity index (χ1v) is 9.92. The highest BCUT2D eigenvalue weighted by atomic mass is 35.5. The molecule has 150 valence electrons. The van der Waals surface area contributed by atoms with Crippen molar-refractivity contribution >= 4 is 50.3 Å². The van der Waals surface area contributed by atoms with E-state index in [2.05, 4.69) is 15.5 Å². The average molecular weight is 440 g/mol. The Morgan fingerprint density at radius 2 is 2.07 bits per heavy atom. The molecular weight excluding hydrogens is 426 g/mol. The summed E-state index contributed by atoms with van der Waals surface area (Å²) in [6.07, 6.45) is 3.29. The normalized spacial score (nSPS) is 11.6. The van der Waals surface area contributed by atoms with E-state index in [1.165, 1.54) is 23.5 Å². The van der Waals surface area contributed by atoms with Crippen molar-refractivity contribution in [1.29, 1.82) is 0 Å². The number of carbonyl (C=O) groups excluding carboxylic acids is 1. The molecule has 0 saturated carbocycles. The first kappa shape index (κ1) is 19.7. The van der Waals surface area contributed by atoms with Gasteiger partial charge in [-0.25, -0.2) is 10.4 Å². The molecule has 0 bridgehead atoms. The number of hydrogen-bond acceptors (Lipinski definition) is 6. The van der Waals surface area contributed by atoms with Gasteiger partial charge in [0.25, 0.3) is 11.6 Å². The van der Waals surface area contributed by atoms with Crippen LogP contribution in [0.1, 0.15) is 21.1 Å². The summed E-state index contributed by atoms with van der Waals surface area (Å²) in [5.74, 6) is -0.0309. The molecule has 4 rings (SSSR count). The van der Waals surface area contributed by atoms with E-state index in [1.54, 1.807) is 36.1 Å². The summed E-state index contributed by atoms with van der Waals surface area (Å²) in [4.78, 5) is 28.0. The molecule has 0 saturated heterocycles. The fourth-order valence-electron chi connectivity index (χ4n) is 2.92. The maximum absolute atomic E-state index is 12.8. The first-order chi connectivity index (χ1) is 14.5. The van der Waals surface area contributed by atoms with Crippen molar-refractivity contribution in [3.8, 4) is 0 Å². The van der Waals surface area contributed by atoms with Gasteiger partial charge < -0.3 is 4.57 Å². The number of hydrazone groups is 1. The summed E-state index contributed by atoms with van der Waals surface area (Å²) < 4.78 is 2.59. The van der Waals surface area contributed by atoms with Crippen LogP contribution in [0, 0.1) is 10.1 Å².